The largest absolute Gasteiger partial charge is 0.320 e. The molecule has 1 aliphatic heterocycles. The van der Waals surface area contributed by atoms with Crippen molar-refractivity contribution < 1.29 is 13.9 Å². The highest BCUT2D eigenvalue weighted by molar-refractivity contribution is 7.87. The van der Waals surface area contributed by atoms with Gasteiger partial charge in [0.25, 0.3) is 5.52 Å². The summed E-state index contributed by atoms with van der Waals surface area (Å²) in [6.07, 6.45) is 0.763. The monoisotopic (exact) mass is 210 g/mol. The van der Waals surface area contributed by atoms with Crippen LogP contribution in [0.5, 0.6) is 0 Å². The van der Waals surface area contributed by atoms with E-state index in [-0.39, 0.29) is 5.52 Å². The Kier molecular flexibility index (Phi) is 2.30. The molecule has 0 aliphatic carbocycles. The van der Waals surface area contributed by atoms with Crippen LogP contribution in [0.4, 0.5) is 0 Å². The van der Waals surface area contributed by atoms with Gasteiger partial charge in [-0.25, -0.2) is 0 Å². The van der Waals surface area contributed by atoms with Gasteiger partial charge in [0.05, 0.1) is 11.9 Å². The third kappa shape index (κ3) is 1.17. The molecule has 0 aromatic heterocycles. The fourth-order valence-electron chi connectivity index (χ4n) is 1.47. The van der Waals surface area contributed by atoms with Gasteiger partial charge >= 0.3 is 7.37 Å². The Balaban J connectivity index is 2.34. The predicted molar refractivity (Wildman–Crippen MR) is 54.3 cm³/mol. The van der Waals surface area contributed by atoms with Crippen molar-refractivity contribution in [1.82, 2.24) is 0 Å². The summed E-state index contributed by atoms with van der Waals surface area (Å²) in [6, 6.07) is 6.92. The van der Waals surface area contributed by atoms with Crippen LogP contribution in [0, 0.1) is 0 Å². The third-order valence-corrected chi connectivity index (χ3v) is 4.54. The zero-order valence-electron chi connectivity index (χ0n) is 7.90. The zero-order valence-corrected chi connectivity index (χ0v) is 8.79. The van der Waals surface area contributed by atoms with Gasteiger partial charge < -0.3 is 4.52 Å². The number of rotatable bonds is 3. The van der Waals surface area contributed by atoms with E-state index in [9.17, 15) is 9.36 Å². The molecule has 0 amide bonds. The van der Waals surface area contributed by atoms with E-state index in [4.69, 9.17) is 4.52 Å². The van der Waals surface area contributed by atoms with E-state index in [0.717, 1.165) is 6.42 Å². The molecule has 74 valence electrons. The maximum Gasteiger partial charge on any atom is 0.301 e. The van der Waals surface area contributed by atoms with Crippen LogP contribution in [0.15, 0.2) is 24.3 Å². The second kappa shape index (κ2) is 3.34. The standard InChI is InChI=1S/C10H11O3P/c1-2-7-13-14(12)9-6-4-3-5-8(9)10(14)11/h3-6H,2,7H2,1H3. The summed E-state index contributed by atoms with van der Waals surface area (Å²) in [5.41, 5.74) is 0.216. The van der Waals surface area contributed by atoms with Crippen LogP contribution in [0.1, 0.15) is 23.7 Å². The summed E-state index contributed by atoms with van der Waals surface area (Å²) in [5, 5.41) is 0.582. The van der Waals surface area contributed by atoms with Gasteiger partial charge in [0.1, 0.15) is 0 Å². The van der Waals surface area contributed by atoms with Crippen molar-refractivity contribution in [2.45, 2.75) is 13.3 Å². The van der Waals surface area contributed by atoms with E-state index in [1.165, 1.54) is 0 Å². The Morgan fingerprint density at radius 2 is 2.07 bits per heavy atom. The Morgan fingerprint density at radius 1 is 1.36 bits per heavy atom. The van der Waals surface area contributed by atoms with Gasteiger partial charge in [-0.2, -0.15) is 0 Å². The normalized spacial score (nSPS) is 24.2. The molecule has 2 rings (SSSR count). The number of carbonyl (C=O) groups excluding carboxylic acids is 1. The van der Waals surface area contributed by atoms with Crippen molar-refractivity contribution in [3.63, 3.8) is 0 Å². The molecule has 0 radical (unpaired) electrons. The fourth-order valence-corrected chi connectivity index (χ4v) is 3.51. The minimum absolute atomic E-state index is 0.332. The minimum Gasteiger partial charge on any atom is -0.320 e. The molecule has 14 heavy (non-hydrogen) atoms. The summed E-state index contributed by atoms with van der Waals surface area (Å²) in [7, 11) is -3.13. The Hall–Kier alpha value is -0.920. The number of hydrogen-bond acceptors (Lipinski definition) is 3. The molecule has 1 aromatic rings. The van der Waals surface area contributed by atoms with Crippen LogP contribution in [-0.4, -0.2) is 12.1 Å². The first-order chi connectivity index (χ1) is 6.70. The average molecular weight is 210 g/mol. The van der Waals surface area contributed by atoms with E-state index in [2.05, 4.69) is 0 Å². The zero-order chi connectivity index (χ0) is 10.2. The molecule has 0 saturated carbocycles. The molecule has 1 aliphatic rings. The van der Waals surface area contributed by atoms with E-state index in [1.807, 2.05) is 6.92 Å². The SMILES string of the molecule is CCCOP1(=O)C(=O)c2ccccc21. The summed E-state index contributed by atoms with van der Waals surface area (Å²) in [5.74, 6) is 0. The topological polar surface area (TPSA) is 43.4 Å². The number of benzene rings is 1. The molecule has 1 atom stereocenters. The summed E-state index contributed by atoms with van der Waals surface area (Å²) < 4.78 is 17.2. The molecule has 0 saturated heterocycles. The van der Waals surface area contributed by atoms with Crippen molar-refractivity contribution >= 4 is 18.2 Å². The van der Waals surface area contributed by atoms with Gasteiger partial charge in [-0.15, -0.1) is 0 Å². The second-order valence-electron chi connectivity index (χ2n) is 3.21. The van der Waals surface area contributed by atoms with Gasteiger partial charge in [-0.05, 0) is 18.6 Å². The molecule has 4 heteroatoms. The number of hydrogen-bond donors (Lipinski definition) is 0. The lowest BCUT2D eigenvalue weighted by atomic mass is 10.2. The van der Waals surface area contributed by atoms with Crippen molar-refractivity contribution in [3.05, 3.63) is 29.8 Å². The molecular formula is C10H11O3P. The first kappa shape index (κ1) is 9.63. The summed E-state index contributed by atoms with van der Waals surface area (Å²) in [4.78, 5) is 11.5. The number of fused-ring (bicyclic) bond motifs is 1. The van der Waals surface area contributed by atoms with Gasteiger partial charge in [0.15, 0.2) is 0 Å². The number of carbonyl (C=O) groups is 1. The molecule has 1 unspecified atom stereocenters. The minimum atomic E-state index is -3.13. The summed E-state index contributed by atoms with van der Waals surface area (Å²) in [6.45, 7) is 2.29. The van der Waals surface area contributed by atoms with E-state index in [1.54, 1.807) is 24.3 Å². The maximum absolute atomic E-state index is 12.0. The van der Waals surface area contributed by atoms with Gasteiger partial charge in [-0.1, -0.05) is 19.1 Å². The lowest BCUT2D eigenvalue weighted by molar-refractivity contribution is 0.104. The highest BCUT2D eigenvalue weighted by Crippen LogP contribution is 2.56. The summed E-state index contributed by atoms with van der Waals surface area (Å²) >= 11 is 0. The molecule has 0 N–H and O–H groups in total. The van der Waals surface area contributed by atoms with E-state index in [0.29, 0.717) is 17.5 Å². The molecule has 0 fully saturated rings. The lowest BCUT2D eigenvalue weighted by Gasteiger charge is -2.27. The highest BCUT2D eigenvalue weighted by Gasteiger charge is 2.48. The van der Waals surface area contributed by atoms with Crippen LogP contribution in [0.25, 0.3) is 0 Å². The molecule has 0 spiro atoms. The van der Waals surface area contributed by atoms with Crippen molar-refractivity contribution in [2.75, 3.05) is 6.61 Å². The van der Waals surface area contributed by atoms with Gasteiger partial charge in [-0.3, -0.25) is 9.36 Å². The first-order valence-electron chi connectivity index (χ1n) is 4.59. The predicted octanol–water partition coefficient (Wildman–Crippen LogP) is 2.17. The third-order valence-electron chi connectivity index (χ3n) is 2.20. The molecule has 3 nitrogen and oxygen atoms in total. The van der Waals surface area contributed by atoms with Crippen LogP contribution in [-0.2, 0) is 9.09 Å². The van der Waals surface area contributed by atoms with Crippen LogP contribution >= 0.6 is 7.37 Å². The van der Waals surface area contributed by atoms with Crippen molar-refractivity contribution in [3.8, 4) is 0 Å². The van der Waals surface area contributed by atoms with Gasteiger partial charge in [0.2, 0.25) is 0 Å². The first-order valence-corrected chi connectivity index (χ1v) is 6.21. The Labute approximate surface area is 82.5 Å². The fraction of sp³-hybridized carbons (Fsp3) is 0.300. The molecular weight excluding hydrogens is 199 g/mol. The van der Waals surface area contributed by atoms with Crippen molar-refractivity contribution in [1.29, 1.82) is 0 Å². The maximum atomic E-state index is 12.0. The second-order valence-corrected chi connectivity index (χ2v) is 5.46. The Bertz CT molecular complexity index is 425. The van der Waals surface area contributed by atoms with Crippen LogP contribution in [0.3, 0.4) is 0 Å². The average Bonchev–Trinajstić information content (AvgIpc) is 2.25. The smallest absolute Gasteiger partial charge is 0.301 e. The molecule has 0 bridgehead atoms. The van der Waals surface area contributed by atoms with Crippen LogP contribution < -0.4 is 5.30 Å². The Morgan fingerprint density at radius 3 is 2.79 bits per heavy atom. The molecule has 1 heterocycles. The van der Waals surface area contributed by atoms with E-state index >= 15 is 0 Å². The van der Waals surface area contributed by atoms with Crippen molar-refractivity contribution in [2.24, 2.45) is 0 Å². The van der Waals surface area contributed by atoms with Gasteiger partial charge in [0, 0.05) is 5.56 Å². The quantitative estimate of drug-likeness (QED) is 0.718. The van der Waals surface area contributed by atoms with Crippen LogP contribution in [0.2, 0.25) is 0 Å². The lowest BCUT2D eigenvalue weighted by Crippen LogP contribution is -2.31. The van der Waals surface area contributed by atoms with E-state index < -0.39 is 7.37 Å². The highest BCUT2D eigenvalue weighted by atomic mass is 31.2. The molecule has 1 aromatic carbocycles.